The van der Waals surface area contributed by atoms with E-state index in [-0.39, 0.29) is 6.04 Å². The Bertz CT molecular complexity index is 543. The molecule has 3 rings (SSSR count). The van der Waals surface area contributed by atoms with E-state index in [1.54, 1.807) is 6.26 Å². The van der Waals surface area contributed by atoms with Crippen LogP contribution in [0.3, 0.4) is 0 Å². The average molecular weight is 247 g/mol. The maximum atomic E-state index is 5.80. The predicted octanol–water partition coefficient (Wildman–Crippen LogP) is 1.05. The number of hydrogen-bond acceptors (Lipinski definition) is 7. The molecule has 0 saturated heterocycles. The van der Waals surface area contributed by atoms with Gasteiger partial charge in [0.1, 0.15) is 17.9 Å². The van der Waals surface area contributed by atoms with Crippen LogP contribution in [0.5, 0.6) is 0 Å². The molecule has 0 bridgehead atoms. The molecule has 1 unspecified atom stereocenters. The van der Waals surface area contributed by atoms with Crippen LogP contribution in [-0.4, -0.2) is 29.2 Å². The van der Waals surface area contributed by atoms with Crippen molar-refractivity contribution in [1.82, 2.24) is 0 Å². The number of aliphatic imine (C=N–C) groups is 4. The summed E-state index contributed by atoms with van der Waals surface area (Å²) >= 11 is 1.46. The zero-order chi connectivity index (χ0) is 11.7. The van der Waals surface area contributed by atoms with Crippen molar-refractivity contribution >= 4 is 34.9 Å². The Morgan fingerprint density at radius 3 is 3.18 bits per heavy atom. The lowest BCUT2D eigenvalue weighted by atomic mass is 10.2. The van der Waals surface area contributed by atoms with Gasteiger partial charge in [-0.15, -0.1) is 0 Å². The van der Waals surface area contributed by atoms with Gasteiger partial charge in [0.05, 0.1) is 12.0 Å². The number of furan rings is 1. The topological polar surface area (TPSA) is 88.6 Å². The van der Waals surface area contributed by atoms with E-state index >= 15 is 0 Å². The highest BCUT2D eigenvalue weighted by atomic mass is 32.2. The van der Waals surface area contributed by atoms with E-state index in [1.165, 1.54) is 18.1 Å². The van der Waals surface area contributed by atoms with Gasteiger partial charge in [0.25, 0.3) is 0 Å². The summed E-state index contributed by atoms with van der Waals surface area (Å²) in [5.41, 5.74) is 5.80. The van der Waals surface area contributed by atoms with E-state index in [0.29, 0.717) is 22.6 Å². The van der Waals surface area contributed by atoms with Gasteiger partial charge in [-0.3, -0.25) is 4.99 Å². The highest BCUT2D eigenvalue weighted by Crippen LogP contribution is 2.19. The van der Waals surface area contributed by atoms with Gasteiger partial charge >= 0.3 is 0 Å². The number of nitrogens with two attached hydrogens (primary N) is 1. The number of rotatable bonds is 2. The molecular formula is C10H9N5OS. The smallest absolute Gasteiger partial charge is 0.191 e. The Hall–Kier alpha value is -1.89. The lowest BCUT2D eigenvalue weighted by Crippen LogP contribution is -2.35. The number of thioether (sulfide) groups is 1. The zero-order valence-corrected chi connectivity index (χ0v) is 9.59. The largest absolute Gasteiger partial charge is 0.468 e. The van der Waals surface area contributed by atoms with Gasteiger partial charge in [-0.1, -0.05) is 11.8 Å². The summed E-state index contributed by atoms with van der Waals surface area (Å²) in [6.45, 7) is 0. The maximum Gasteiger partial charge on any atom is 0.191 e. The highest BCUT2D eigenvalue weighted by molar-refractivity contribution is 8.13. The monoisotopic (exact) mass is 247 g/mol. The van der Waals surface area contributed by atoms with E-state index < -0.39 is 0 Å². The average Bonchev–Trinajstić information content (AvgIpc) is 2.97. The molecule has 0 aliphatic carbocycles. The van der Waals surface area contributed by atoms with Gasteiger partial charge < -0.3 is 10.2 Å². The lowest BCUT2D eigenvalue weighted by molar-refractivity contribution is 0.530. The van der Waals surface area contributed by atoms with Crippen LogP contribution in [-0.2, 0) is 5.75 Å². The molecule has 0 radical (unpaired) electrons. The van der Waals surface area contributed by atoms with Crippen LogP contribution in [0.15, 0.2) is 42.8 Å². The third-order valence-corrected chi connectivity index (χ3v) is 3.16. The minimum absolute atomic E-state index is 0.289. The highest BCUT2D eigenvalue weighted by Gasteiger charge is 2.26. The molecular weight excluding hydrogens is 238 g/mol. The van der Waals surface area contributed by atoms with Gasteiger partial charge in [-0.2, -0.15) is 0 Å². The van der Waals surface area contributed by atoms with Crippen molar-refractivity contribution in [2.75, 3.05) is 0 Å². The first kappa shape index (κ1) is 10.3. The first-order valence-electron chi connectivity index (χ1n) is 5.00. The molecule has 7 heteroatoms. The normalized spacial score (nSPS) is 21.9. The molecule has 0 spiro atoms. The molecule has 0 aromatic carbocycles. The van der Waals surface area contributed by atoms with Crippen molar-refractivity contribution in [1.29, 1.82) is 0 Å². The quantitative estimate of drug-likeness (QED) is 0.847. The first-order valence-corrected chi connectivity index (χ1v) is 5.99. The molecule has 86 valence electrons. The maximum absolute atomic E-state index is 5.80. The minimum Gasteiger partial charge on any atom is -0.468 e. The lowest BCUT2D eigenvalue weighted by Gasteiger charge is -2.13. The van der Waals surface area contributed by atoms with Crippen molar-refractivity contribution in [2.24, 2.45) is 25.7 Å². The Kier molecular flexibility index (Phi) is 2.52. The fourth-order valence-electron chi connectivity index (χ4n) is 1.48. The fraction of sp³-hybridized carbons (Fsp3) is 0.200. The van der Waals surface area contributed by atoms with Crippen molar-refractivity contribution in [3.8, 4) is 0 Å². The van der Waals surface area contributed by atoms with Gasteiger partial charge in [0.2, 0.25) is 0 Å². The standard InChI is InChI=1S/C10H9N5OS/c11-8-7-9(13-5-12-7)15-10(14-8)17-4-6-2-1-3-16-6/h1-3,5,7H,4H2,(H2,11,12,13,14,15). The number of fused-ring (bicyclic) bond motifs is 1. The molecule has 17 heavy (non-hydrogen) atoms. The predicted molar refractivity (Wildman–Crippen MR) is 68.8 cm³/mol. The fourth-order valence-corrected chi connectivity index (χ4v) is 2.25. The van der Waals surface area contributed by atoms with Crippen molar-refractivity contribution in [3.63, 3.8) is 0 Å². The van der Waals surface area contributed by atoms with Crippen LogP contribution < -0.4 is 5.73 Å². The molecule has 2 N–H and O–H groups in total. The Labute approximate surface area is 101 Å². The summed E-state index contributed by atoms with van der Waals surface area (Å²) < 4.78 is 5.23. The summed E-state index contributed by atoms with van der Waals surface area (Å²) in [5.74, 6) is 2.59. The zero-order valence-electron chi connectivity index (χ0n) is 8.78. The molecule has 6 nitrogen and oxygen atoms in total. The van der Waals surface area contributed by atoms with Gasteiger partial charge in [0.15, 0.2) is 17.0 Å². The molecule has 2 aliphatic heterocycles. The minimum atomic E-state index is -0.289. The van der Waals surface area contributed by atoms with Crippen LogP contribution in [0.1, 0.15) is 5.76 Å². The molecule has 0 amide bonds. The molecule has 1 atom stereocenters. The van der Waals surface area contributed by atoms with E-state index in [4.69, 9.17) is 10.2 Å². The second-order valence-electron chi connectivity index (χ2n) is 3.45. The van der Waals surface area contributed by atoms with Crippen molar-refractivity contribution < 1.29 is 4.42 Å². The van der Waals surface area contributed by atoms with E-state index in [1.807, 2.05) is 12.1 Å². The Morgan fingerprint density at radius 2 is 2.35 bits per heavy atom. The molecule has 2 aliphatic rings. The Balaban J connectivity index is 1.72. The molecule has 0 saturated carbocycles. The van der Waals surface area contributed by atoms with E-state index in [2.05, 4.69) is 20.0 Å². The second-order valence-corrected chi connectivity index (χ2v) is 4.40. The van der Waals surface area contributed by atoms with Crippen LogP contribution >= 0.6 is 11.8 Å². The molecule has 1 aromatic heterocycles. The van der Waals surface area contributed by atoms with Crippen LogP contribution in [0.2, 0.25) is 0 Å². The summed E-state index contributed by atoms with van der Waals surface area (Å²) in [7, 11) is 0. The third-order valence-electron chi connectivity index (χ3n) is 2.29. The molecule has 0 fully saturated rings. The van der Waals surface area contributed by atoms with Gasteiger partial charge in [0, 0.05) is 0 Å². The SMILES string of the molecule is NC1=NC(SCc2ccco2)=NC2=NC=NC12. The van der Waals surface area contributed by atoms with Gasteiger partial charge in [-0.05, 0) is 12.1 Å². The van der Waals surface area contributed by atoms with Crippen LogP contribution in [0, 0.1) is 0 Å². The second kappa shape index (κ2) is 4.17. The first-order chi connectivity index (χ1) is 8.33. The number of hydrogen-bond donors (Lipinski definition) is 1. The Morgan fingerprint density at radius 1 is 1.41 bits per heavy atom. The van der Waals surface area contributed by atoms with E-state index in [9.17, 15) is 0 Å². The van der Waals surface area contributed by atoms with Gasteiger partial charge in [-0.25, -0.2) is 15.0 Å². The van der Waals surface area contributed by atoms with Crippen molar-refractivity contribution in [2.45, 2.75) is 11.8 Å². The van der Waals surface area contributed by atoms with E-state index in [0.717, 1.165) is 5.76 Å². The number of nitrogens with zero attached hydrogens (tertiary/aromatic N) is 4. The number of amidine groups is 3. The molecule has 3 heterocycles. The summed E-state index contributed by atoms with van der Waals surface area (Å²) in [6, 6.07) is 3.46. The summed E-state index contributed by atoms with van der Waals surface area (Å²) in [5, 5.41) is 0.597. The van der Waals surface area contributed by atoms with Crippen LogP contribution in [0.25, 0.3) is 0 Å². The van der Waals surface area contributed by atoms with Crippen molar-refractivity contribution in [3.05, 3.63) is 24.2 Å². The molecule has 1 aromatic rings. The third kappa shape index (κ3) is 2.01. The summed E-state index contributed by atoms with van der Waals surface area (Å²) in [6.07, 6.45) is 3.10. The van der Waals surface area contributed by atoms with Crippen LogP contribution in [0.4, 0.5) is 0 Å². The summed E-state index contributed by atoms with van der Waals surface area (Å²) in [4.78, 5) is 16.6.